The molecule has 1 heterocycles. The molecule has 28 nitrogen and oxygen atoms in total. The number of nitrogens with one attached hydrogen (secondary N) is 8. The molecule has 0 radical (unpaired) electrons. The summed E-state index contributed by atoms with van der Waals surface area (Å²) in [6.07, 6.45) is -2.95. The second-order valence-electron chi connectivity index (χ2n) is 22.5. The predicted octanol–water partition coefficient (Wildman–Crippen LogP) is 0.657. The molecule has 0 spiro atoms. The Morgan fingerprint density at radius 1 is 0.659 bits per heavy atom. The molecule has 0 bridgehead atoms. The fourth-order valence-electron chi connectivity index (χ4n) is 8.70. The Hall–Kier alpha value is -7.80. The Morgan fingerprint density at radius 2 is 1.22 bits per heavy atom. The molecule has 1 aliphatic rings. The average molecular weight is 1290 g/mol. The van der Waals surface area contributed by atoms with E-state index in [-0.39, 0.29) is 73.8 Å². The highest BCUT2D eigenvalue weighted by Crippen LogP contribution is 2.43. The SMILES string of the molecule is CC[C@H](C)[C@H](NC(=O)[C@H](Cc1ccc(O)cc1)NC(=O)[C@H](CCC(N)=O)NC(=O)OCc1ccccc1)C(=O)N[C@@H](CCC(N)=O)C(=O)N[C@@H](CC(N)=O)C(=O)N[C@@H](CSSSC(C)(C)C)C(=O)N1CCC[C@H]1C(=O)N[C@@H](CC(C)C)C(=O)NCC(=O)O. The lowest BCUT2D eigenvalue weighted by Crippen LogP contribution is -2.61. The minimum Gasteiger partial charge on any atom is -0.508 e. The molecule has 0 aromatic heterocycles. The number of likely N-dealkylation sites (tertiary alicyclic amines) is 1. The van der Waals surface area contributed by atoms with Crippen molar-refractivity contribution in [1.29, 1.82) is 0 Å². The van der Waals surface area contributed by atoms with Crippen LogP contribution in [0, 0.1) is 11.8 Å². The third kappa shape index (κ3) is 27.5. The number of carboxylic acid groups (broad SMARTS) is 1. The second-order valence-corrected chi connectivity index (χ2v) is 27.4. The molecule has 0 unspecified atom stereocenters. The van der Waals surface area contributed by atoms with Gasteiger partial charge in [0.15, 0.2) is 0 Å². The Balaban J connectivity index is 1.95. The molecule has 1 aliphatic heterocycles. The van der Waals surface area contributed by atoms with Gasteiger partial charge in [0.25, 0.3) is 0 Å². The van der Waals surface area contributed by atoms with Crippen molar-refractivity contribution < 1.29 is 77.3 Å². The van der Waals surface area contributed by atoms with Crippen molar-refractivity contribution in [2.75, 3.05) is 18.8 Å². The van der Waals surface area contributed by atoms with Gasteiger partial charge in [0, 0.05) is 36.3 Å². The number of aliphatic carboxylic acids is 1. The zero-order chi connectivity index (χ0) is 65.8. The van der Waals surface area contributed by atoms with Gasteiger partial charge in [-0.05, 0) is 77.0 Å². The van der Waals surface area contributed by atoms with Gasteiger partial charge in [0.05, 0.1) is 6.42 Å². The number of hydrogen-bond donors (Lipinski definition) is 13. The fraction of sp³-hybridized carbons (Fsp3) is 0.561. The Kier molecular flexibility index (Phi) is 31.4. The van der Waals surface area contributed by atoms with Crippen LogP contribution in [0.3, 0.4) is 0 Å². The third-order valence-corrected chi connectivity index (χ3v) is 18.4. The maximum atomic E-state index is 14.6. The van der Waals surface area contributed by atoms with Gasteiger partial charge in [-0.2, -0.15) is 0 Å². The molecule has 486 valence electrons. The zero-order valence-corrected chi connectivity index (χ0v) is 52.8. The second kappa shape index (κ2) is 37.1. The first-order valence-electron chi connectivity index (χ1n) is 28.6. The number of carbonyl (C=O) groups excluding carboxylic acids is 12. The van der Waals surface area contributed by atoms with Gasteiger partial charge in [0.2, 0.25) is 65.0 Å². The van der Waals surface area contributed by atoms with Gasteiger partial charge in [0.1, 0.15) is 67.2 Å². The summed E-state index contributed by atoms with van der Waals surface area (Å²) in [4.78, 5) is 175. The molecule has 1 saturated heterocycles. The number of rotatable bonds is 37. The van der Waals surface area contributed by atoms with Gasteiger partial charge < -0.3 is 79.6 Å². The van der Waals surface area contributed by atoms with Crippen LogP contribution in [0.2, 0.25) is 0 Å². The number of phenols is 1. The monoisotopic (exact) mass is 1290 g/mol. The van der Waals surface area contributed by atoms with E-state index >= 15 is 0 Å². The zero-order valence-electron chi connectivity index (χ0n) is 50.4. The number of alkyl carbamates (subject to hydrolysis) is 1. The van der Waals surface area contributed by atoms with Gasteiger partial charge in [-0.25, -0.2) is 4.79 Å². The molecular formula is C57H84N12O16S3. The number of hydrogen-bond acceptors (Lipinski definition) is 18. The van der Waals surface area contributed by atoms with Crippen molar-refractivity contribution >= 4 is 108 Å². The maximum Gasteiger partial charge on any atom is 0.408 e. The fourth-order valence-corrected chi connectivity index (χ4v) is 13.5. The summed E-state index contributed by atoms with van der Waals surface area (Å²) in [6, 6.07) is 2.49. The number of carboxylic acids is 1. The van der Waals surface area contributed by atoms with E-state index in [4.69, 9.17) is 27.0 Å². The summed E-state index contributed by atoms with van der Waals surface area (Å²) in [5.74, 6) is -12.4. The number of primary amides is 3. The molecule has 0 aliphatic carbocycles. The lowest BCUT2D eigenvalue weighted by molar-refractivity contribution is -0.142. The summed E-state index contributed by atoms with van der Waals surface area (Å²) in [6.45, 7) is 11.9. The number of ether oxygens (including phenoxy) is 1. The lowest BCUT2D eigenvalue weighted by Gasteiger charge is -2.31. The molecule has 16 N–H and O–H groups in total. The molecule has 0 saturated carbocycles. The molecule has 2 aromatic carbocycles. The van der Waals surface area contributed by atoms with E-state index in [1.165, 1.54) is 60.6 Å². The highest BCUT2D eigenvalue weighted by Gasteiger charge is 2.41. The van der Waals surface area contributed by atoms with Crippen molar-refractivity contribution in [1.82, 2.24) is 47.4 Å². The van der Waals surface area contributed by atoms with E-state index in [0.717, 1.165) is 0 Å². The van der Waals surface area contributed by atoms with Crippen LogP contribution in [0.25, 0.3) is 0 Å². The Morgan fingerprint density at radius 3 is 1.77 bits per heavy atom. The molecule has 12 amide bonds. The van der Waals surface area contributed by atoms with Crippen LogP contribution in [0.5, 0.6) is 5.75 Å². The van der Waals surface area contributed by atoms with Crippen LogP contribution in [0.4, 0.5) is 4.79 Å². The number of aromatic hydroxyl groups is 1. The molecule has 88 heavy (non-hydrogen) atoms. The normalized spacial score (nSPS) is 15.7. The summed E-state index contributed by atoms with van der Waals surface area (Å²) in [5.41, 5.74) is 17.5. The van der Waals surface area contributed by atoms with Crippen molar-refractivity contribution in [3.05, 3.63) is 65.7 Å². The lowest BCUT2D eigenvalue weighted by atomic mass is 9.96. The Bertz CT molecular complexity index is 2760. The summed E-state index contributed by atoms with van der Waals surface area (Å²) >= 11 is 0. The number of amides is 12. The highest BCUT2D eigenvalue weighted by molar-refractivity contribution is 9.09. The van der Waals surface area contributed by atoms with Crippen LogP contribution in [-0.4, -0.2) is 164 Å². The summed E-state index contributed by atoms with van der Waals surface area (Å²) in [7, 11) is 3.96. The quantitative estimate of drug-likeness (QED) is 0.0326. The number of carbonyl (C=O) groups is 13. The van der Waals surface area contributed by atoms with Crippen molar-refractivity contribution in [3.8, 4) is 5.75 Å². The molecule has 31 heteroatoms. The largest absolute Gasteiger partial charge is 0.508 e. The molecule has 9 atom stereocenters. The first-order chi connectivity index (χ1) is 41.4. The average Bonchev–Trinajstić information content (AvgIpc) is 4.14. The Labute approximate surface area is 522 Å². The van der Waals surface area contributed by atoms with Crippen LogP contribution in [0.1, 0.15) is 117 Å². The minimum atomic E-state index is -1.82. The third-order valence-electron chi connectivity index (χ3n) is 13.4. The molecular weight excluding hydrogens is 1200 g/mol. The topological polar surface area (TPSA) is 449 Å². The van der Waals surface area contributed by atoms with Crippen LogP contribution in [-0.2, 0) is 75.3 Å². The number of nitrogens with two attached hydrogens (primary N) is 3. The van der Waals surface area contributed by atoms with Crippen LogP contribution >= 0.6 is 31.4 Å². The van der Waals surface area contributed by atoms with Gasteiger partial charge >= 0.3 is 12.1 Å². The summed E-state index contributed by atoms with van der Waals surface area (Å²) < 4.78 is 5.05. The van der Waals surface area contributed by atoms with Gasteiger partial charge in [-0.15, -0.1) is 0 Å². The number of nitrogens with zero attached hydrogens (tertiary/aromatic N) is 1. The van der Waals surface area contributed by atoms with Crippen molar-refractivity contribution in [3.63, 3.8) is 0 Å². The van der Waals surface area contributed by atoms with E-state index in [1.807, 2.05) is 20.8 Å². The van der Waals surface area contributed by atoms with Crippen molar-refractivity contribution in [2.24, 2.45) is 29.0 Å². The van der Waals surface area contributed by atoms with Crippen molar-refractivity contribution in [2.45, 2.75) is 172 Å². The van der Waals surface area contributed by atoms with E-state index in [2.05, 4.69) is 42.5 Å². The number of benzene rings is 2. The first kappa shape index (κ1) is 74.5. The van der Waals surface area contributed by atoms with E-state index in [0.29, 0.717) is 17.5 Å². The molecule has 3 rings (SSSR count). The number of phenolic OH excluding ortho intramolecular Hbond substituents is 1. The standard InChI is InChI=1S/C57H84N12O16S3/c1-8-32(4)47(68-52(80)39(26-33-16-18-35(70)19-17-33)63-50(78)37(21-23-44(59)72)67-56(84)85-29-34-13-10-9-11-14-34)54(82)62-36(20-22-43(58)71)49(77)64-40(27-45(60)73)51(79)66-41(30-86-88-87-57(5,6)7)55(83)69-24-12-15-42(69)53(81)65-38(25-31(2)3)48(76)61-28-46(74)75/h9-11,13-14,16-19,31-32,36-42,47,70H,8,12,15,20-30H2,1-7H3,(H2,58,71)(H2,59,72)(H2,60,73)(H,61,76)(H,62,82)(H,63,78)(H,64,77)(H,65,81)(H,66,79)(H,67,84)(H,68,80)(H,74,75)/t32-,36-,37-,38-,39-,40-,41-,42-,47-/m0/s1. The van der Waals surface area contributed by atoms with Gasteiger partial charge in [-0.3, -0.25) is 57.5 Å². The van der Waals surface area contributed by atoms with Gasteiger partial charge in [-0.1, -0.05) is 119 Å². The highest BCUT2D eigenvalue weighted by atomic mass is 33.5. The van der Waals surface area contributed by atoms with Crippen LogP contribution in [0.15, 0.2) is 54.6 Å². The first-order valence-corrected chi connectivity index (χ1v) is 32.2. The maximum absolute atomic E-state index is 14.6. The predicted molar refractivity (Wildman–Crippen MR) is 329 cm³/mol. The van der Waals surface area contributed by atoms with E-state index in [9.17, 15) is 67.4 Å². The summed E-state index contributed by atoms with van der Waals surface area (Å²) in [5, 5.41) is 39.2. The minimum absolute atomic E-state index is 0.0522. The van der Waals surface area contributed by atoms with E-state index < -0.39 is 157 Å². The molecule has 2 aromatic rings. The smallest absolute Gasteiger partial charge is 0.408 e. The van der Waals surface area contributed by atoms with Crippen LogP contribution < -0.4 is 59.7 Å². The molecule has 1 fully saturated rings. The van der Waals surface area contributed by atoms with E-state index in [1.54, 1.807) is 58.0 Å².